The molecule has 0 unspecified atom stereocenters. The third-order valence-corrected chi connectivity index (χ3v) is 4.55. The van der Waals surface area contributed by atoms with Gasteiger partial charge in [-0.2, -0.15) is 0 Å². The number of esters is 1. The van der Waals surface area contributed by atoms with E-state index in [2.05, 4.69) is 4.99 Å². The molecule has 1 fully saturated rings. The van der Waals surface area contributed by atoms with Crippen LogP contribution in [0, 0.1) is 10.1 Å². The van der Waals surface area contributed by atoms with Gasteiger partial charge in [0.2, 0.25) is 11.8 Å². The van der Waals surface area contributed by atoms with Crippen molar-refractivity contribution in [1.82, 2.24) is 0 Å². The predicted molar refractivity (Wildman–Crippen MR) is 102 cm³/mol. The molecule has 1 amide bonds. The molecule has 0 N–H and O–H groups in total. The molecule has 8 nitrogen and oxygen atoms in total. The van der Waals surface area contributed by atoms with Crippen molar-refractivity contribution in [2.45, 2.75) is 12.8 Å². The summed E-state index contributed by atoms with van der Waals surface area (Å²) in [6, 6.07) is 13.1. The lowest BCUT2D eigenvalue weighted by molar-refractivity contribution is -0.385. The van der Waals surface area contributed by atoms with Gasteiger partial charge >= 0.3 is 5.97 Å². The molecule has 28 heavy (non-hydrogen) atoms. The van der Waals surface area contributed by atoms with Gasteiger partial charge in [-0.25, -0.2) is 9.79 Å². The van der Waals surface area contributed by atoms with Crippen LogP contribution in [0.2, 0.25) is 0 Å². The van der Waals surface area contributed by atoms with E-state index in [-0.39, 0.29) is 28.8 Å². The van der Waals surface area contributed by atoms with E-state index in [9.17, 15) is 19.7 Å². The number of carbonyl (C=O) groups is 2. The Balaban J connectivity index is 1.61. The van der Waals surface area contributed by atoms with Crippen LogP contribution in [-0.4, -0.2) is 29.2 Å². The fourth-order valence-corrected chi connectivity index (χ4v) is 3.16. The fourth-order valence-electron chi connectivity index (χ4n) is 3.16. The van der Waals surface area contributed by atoms with Crippen molar-refractivity contribution in [2.75, 3.05) is 11.4 Å². The summed E-state index contributed by atoms with van der Waals surface area (Å²) in [5, 5.41) is 11.1. The zero-order valence-corrected chi connectivity index (χ0v) is 14.7. The number of hydrogen-bond acceptors (Lipinski definition) is 6. The molecule has 0 aliphatic carbocycles. The Labute approximate surface area is 159 Å². The van der Waals surface area contributed by atoms with E-state index in [0.717, 1.165) is 12.1 Å². The van der Waals surface area contributed by atoms with E-state index in [0.29, 0.717) is 18.5 Å². The van der Waals surface area contributed by atoms with E-state index >= 15 is 0 Å². The Morgan fingerprint density at radius 2 is 1.86 bits per heavy atom. The van der Waals surface area contributed by atoms with Crippen molar-refractivity contribution in [2.24, 2.45) is 4.99 Å². The summed E-state index contributed by atoms with van der Waals surface area (Å²) in [5.41, 5.74) is 1.50. The molecule has 2 heterocycles. The van der Waals surface area contributed by atoms with Gasteiger partial charge in [-0.05, 0) is 42.8 Å². The molecule has 140 valence electrons. The Kier molecular flexibility index (Phi) is 4.44. The summed E-state index contributed by atoms with van der Waals surface area (Å²) < 4.78 is 5.21. The molecule has 1 saturated heterocycles. The molecular formula is C20H15N3O5. The van der Waals surface area contributed by atoms with Crippen molar-refractivity contribution in [3.8, 4) is 0 Å². The lowest BCUT2D eigenvalue weighted by atomic mass is 10.1. The van der Waals surface area contributed by atoms with Crippen molar-refractivity contribution < 1.29 is 19.2 Å². The first-order chi connectivity index (χ1) is 13.5. The molecule has 2 aromatic rings. The normalized spacial score (nSPS) is 17.8. The van der Waals surface area contributed by atoms with Crippen molar-refractivity contribution >= 4 is 35.2 Å². The SMILES string of the molecule is O=C1OC(c2ccc(N3CCCC3=O)cc2)=N/C1=C\c1ccccc1[N+](=O)[O-]. The second-order valence-corrected chi connectivity index (χ2v) is 6.35. The monoisotopic (exact) mass is 377 g/mol. The fraction of sp³-hybridized carbons (Fsp3) is 0.150. The number of ether oxygens (including phenoxy) is 1. The molecule has 8 heteroatoms. The molecule has 0 saturated carbocycles. The summed E-state index contributed by atoms with van der Waals surface area (Å²) in [5.74, 6) is -0.465. The second-order valence-electron chi connectivity index (χ2n) is 6.35. The molecule has 0 aromatic heterocycles. The van der Waals surface area contributed by atoms with Gasteiger partial charge in [0.25, 0.3) is 5.69 Å². The van der Waals surface area contributed by atoms with Gasteiger partial charge in [0.05, 0.1) is 10.5 Å². The standard InChI is InChI=1S/C20H15N3O5/c24-18-6-3-11-22(18)15-9-7-13(8-10-15)19-21-16(20(25)28-19)12-14-4-1-2-5-17(14)23(26)27/h1-2,4-5,7-10,12H,3,6,11H2/b16-12-. The van der Waals surface area contributed by atoms with E-state index in [1.807, 2.05) is 0 Å². The highest BCUT2D eigenvalue weighted by Gasteiger charge is 2.26. The molecule has 4 rings (SSSR count). The minimum Gasteiger partial charge on any atom is -0.402 e. The average Bonchev–Trinajstić information content (AvgIpc) is 3.28. The average molecular weight is 377 g/mol. The molecular weight excluding hydrogens is 362 g/mol. The number of nitrogens with zero attached hydrogens (tertiary/aromatic N) is 3. The minimum absolute atomic E-state index is 0.0110. The van der Waals surface area contributed by atoms with Crippen molar-refractivity contribution in [1.29, 1.82) is 0 Å². The quantitative estimate of drug-likeness (QED) is 0.353. The van der Waals surface area contributed by atoms with Gasteiger partial charge in [0, 0.05) is 30.3 Å². The van der Waals surface area contributed by atoms with E-state index in [1.165, 1.54) is 18.2 Å². The van der Waals surface area contributed by atoms with Crippen molar-refractivity contribution in [3.63, 3.8) is 0 Å². The lowest BCUT2D eigenvalue weighted by Crippen LogP contribution is -2.23. The molecule has 2 aliphatic heterocycles. The van der Waals surface area contributed by atoms with Crippen LogP contribution in [0.1, 0.15) is 24.0 Å². The van der Waals surface area contributed by atoms with E-state index in [1.54, 1.807) is 41.3 Å². The number of nitro groups is 1. The number of para-hydroxylation sites is 1. The van der Waals surface area contributed by atoms with Crippen LogP contribution in [0.4, 0.5) is 11.4 Å². The van der Waals surface area contributed by atoms with Crippen LogP contribution in [0.15, 0.2) is 59.2 Å². The maximum atomic E-state index is 12.1. The first-order valence-electron chi connectivity index (χ1n) is 8.70. The lowest BCUT2D eigenvalue weighted by Gasteiger charge is -2.15. The largest absolute Gasteiger partial charge is 0.402 e. The van der Waals surface area contributed by atoms with E-state index in [4.69, 9.17) is 4.74 Å². The Morgan fingerprint density at radius 3 is 2.54 bits per heavy atom. The third kappa shape index (κ3) is 3.27. The third-order valence-electron chi connectivity index (χ3n) is 4.55. The highest BCUT2D eigenvalue weighted by Crippen LogP contribution is 2.26. The maximum absolute atomic E-state index is 12.1. The second kappa shape index (κ2) is 7.07. The number of benzene rings is 2. The Bertz CT molecular complexity index is 1040. The number of aliphatic imine (C=N–C) groups is 1. The van der Waals surface area contributed by atoms with Gasteiger partial charge in [0.1, 0.15) is 0 Å². The topological polar surface area (TPSA) is 102 Å². The first-order valence-corrected chi connectivity index (χ1v) is 8.70. The van der Waals surface area contributed by atoms with Gasteiger partial charge in [0.15, 0.2) is 5.70 Å². The van der Waals surface area contributed by atoms with Crippen LogP contribution < -0.4 is 4.90 Å². The van der Waals surface area contributed by atoms with Crippen molar-refractivity contribution in [3.05, 3.63) is 75.5 Å². The molecule has 0 radical (unpaired) electrons. The van der Waals surface area contributed by atoms with Gasteiger partial charge in [-0.1, -0.05) is 12.1 Å². The van der Waals surface area contributed by atoms with Crippen LogP contribution in [0.25, 0.3) is 6.08 Å². The number of hydrogen-bond donors (Lipinski definition) is 0. The highest BCUT2D eigenvalue weighted by molar-refractivity contribution is 6.13. The van der Waals surface area contributed by atoms with Crippen LogP contribution >= 0.6 is 0 Å². The van der Waals surface area contributed by atoms with Crippen LogP contribution in [-0.2, 0) is 14.3 Å². The number of amides is 1. The number of rotatable bonds is 4. The molecule has 2 aliphatic rings. The summed E-state index contributed by atoms with van der Waals surface area (Å²) in [6.45, 7) is 0.691. The molecule has 0 spiro atoms. The molecule has 2 aromatic carbocycles. The van der Waals surface area contributed by atoms with Crippen LogP contribution in [0.5, 0.6) is 0 Å². The summed E-state index contributed by atoms with van der Waals surface area (Å²) in [7, 11) is 0. The number of nitro benzene ring substituents is 1. The van der Waals surface area contributed by atoms with E-state index < -0.39 is 10.9 Å². The molecule has 0 atom stereocenters. The van der Waals surface area contributed by atoms with Gasteiger partial charge in [-0.15, -0.1) is 0 Å². The van der Waals surface area contributed by atoms with Gasteiger partial charge < -0.3 is 9.64 Å². The zero-order valence-electron chi connectivity index (χ0n) is 14.7. The first kappa shape index (κ1) is 17.6. The number of anilines is 1. The Hall–Kier alpha value is -3.81. The Morgan fingerprint density at radius 1 is 1.11 bits per heavy atom. The smallest absolute Gasteiger partial charge is 0.363 e. The summed E-state index contributed by atoms with van der Waals surface area (Å²) in [4.78, 5) is 40.5. The summed E-state index contributed by atoms with van der Waals surface area (Å²) in [6.07, 6.45) is 2.72. The maximum Gasteiger partial charge on any atom is 0.363 e. The minimum atomic E-state index is -0.674. The highest BCUT2D eigenvalue weighted by atomic mass is 16.6. The predicted octanol–water partition coefficient (Wildman–Crippen LogP) is 3.07. The summed E-state index contributed by atoms with van der Waals surface area (Å²) >= 11 is 0. The van der Waals surface area contributed by atoms with Gasteiger partial charge in [-0.3, -0.25) is 14.9 Å². The zero-order chi connectivity index (χ0) is 19.7. The number of cyclic esters (lactones) is 1. The number of carbonyl (C=O) groups excluding carboxylic acids is 2. The van der Waals surface area contributed by atoms with Crippen LogP contribution in [0.3, 0.4) is 0 Å². The molecule has 0 bridgehead atoms.